The minimum Gasteiger partial charge on any atom is -0.450 e. The topological polar surface area (TPSA) is 87.2 Å². The fraction of sp³-hybridized carbons (Fsp3) is 0.391. The molecule has 1 heterocycles. The lowest BCUT2D eigenvalue weighted by atomic mass is 10.2. The molecular weight excluding hydrogens is 430 g/mol. The molecule has 0 spiro atoms. The van der Waals surface area contributed by atoms with Crippen LogP contribution in [0.15, 0.2) is 53.4 Å². The zero-order valence-electron chi connectivity index (χ0n) is 18.7. The standard InChI is InChI=1S/C23H29N3O5S/c1-4-31-23(28)25-15-13-24(14-16-25)22(27)17-26(20-9-5-18(2)6-10-20)32(29,30)21-11-7-19(3)8-12-21/h5-12H,4,13-17H2,1-3H3. The third kappa shape index (κ3) is 5.40. The Morgan fingerprint density at radius 2 is 1.38 bits per heavy atom. The van der Waals surface area contributed by atoms with E-state index in [0.29, 0.717) is 38.5 Å². The molecule has 8 nitrogen and oxygen atoms in total. The Morgan fingerprint density at radius 3 is 1.91 bits per heavy atom. The molecular formula is C23H29N3O5S. The van der Waals surface area contributed by atoms with Gasteiger partial charge < -0.3 is 14.5 Å². The lowest BCUT2D eigenvalue weighted by Gasteiger charge is -2.35. The molecule has 0 bridgehead atoms. The summed E-state index contributed by atoms with van der Waals surface area (Å²) in [6, 6.07) is 13.6. The van der Waals surface area contributed by atoms with Gasteiger partial charge in [-0.25, -0.2) is 13.2 Å². The summed E-state index contributed by atoms with van der Waals surface area (Å²) in [4.78, 5) is 28.2. The van der Waals surface area contributed by atoms with Crippen LogP contribution < -0.4 is 4.31 Å². The van der Waals surface area contributed by atoms with Crippen LogP contribution in [0, 0.1) is 13.8 Å². The van der Waals surface area contributed by atoms with E-state index < -0.39 is 16.1 Å². The molecule has 0 radical (unpaired) electrons. The van der Waals surface area contributed by atoms with Gasteiger partial charge in [0.05, 0.1) is 17.2 Å². The highest BCUT2D eigenvalue weighted by atomic mass is 32.2. The third-order valence-corrected chi connectivity index (χ3v) is 7.16. The summed E-state index contributed by atoms with van der Waals surface area (Å²) in [5.74, 6) is -0.315. The zero-order chi connectivity index (χ0) is 23.3. The summed E-state index contributed by atoms with van der Waals surface area (Å²) in [7, 11) is -3.95. The normalized spacial score (nSPS) is 14.2. The van der Waals surface area contributed by atoms with Crippen molar-refractivity contribution in [1.82, 2.24) is 9.80 Å². The number of piperazine rings is 1. The molecule has 2 aromatic carbocycles. The van der Waals surface area contributed by atoms with Crippen LogP contribution in [0.2, 0.25) is 0 Å². The maximum Gasteiger partial charge on any atom is 0.409 e. The van der Waals surface area contributed by atoms with Gasteiger partial charge in [-0.2, -0.15) is 0 Å². The number of nitrogens with zero attached hydrogens (tertiary/aromatic N) is 3. The van der Waals surface area contributed by atoms with Gasteiger partial charge in [0.1, 0.15) is 6.54 Å². The number of ether oxygens (including phenoxy) is 1. The molecule has 1 saturated heterocycles. The van der Waals surface area contributed by atoms with Gasteiger partial charge in [0, 0.05) is 26.2 Å². The van der Waals surface area contributed by atoms with E-state index in [4.69, 9.17) is 4.74 Å². The fourth-order valence-electron chi connectivity index (χ4n) is 3.44. The molecule has 9 heteroatoms. The summed E-state index contributed by atoms with van der Waals surface area (Å²) in [5.41, 5.74) is 2.36. The number of hydrogen-bond donors (Lipinski definition) is 0. The van der Waals surface area contributed by atoms with Gasteiger partial charge in [-0.3, -0.25) is 9.10 Å². The van der Waals surface area contributed by atoms with Crippen LogP contribution in [0.3, 0.4) is 0 Å². The maximum absolute atomic E-state index is 13.4. The average Bonchev–Trinajstić information content (AvgIpc) is 2.78. The predicted molar refractivity (Wildman–Crippen MR) is 122 cm³/mol. The largest absolute Gasteiger partial charge is 0.450 e. The minimum atomic E-state index is -3.95. The Hall–Kier alpha value is -3.07. The van der Waals surface area contributed by atoms with E-state index in [-0.39, 0.29) is 17.3 Å². The SMILES string of the molecule is CCOC(=O)N1CCN(C(=O)CN(c2ccc(C)cc2)S(=O)(=O)c2ccc(C)cc2)CC1. The van der Waals surface area contributed by atoms with E-state index in [1.807, 2.05) is 26.0 Å². The number of amides is 2. The van der Waals surface area contributed by atoms with E-state index in [9.17, 15) is 18.0 Å². The van der Waals surface area contributed by atoms with Crippen LogP contribution in [0.4, 0.5) is 10.5 Å². The molecule has 3 rings (SSSR count). The summed E-state index contributed by atoms with van der Waals surface area (Å²) in [6.07, 6.45) is -0.400. The first-order chi connectivity index (χ1) is 15.2. The molecule has 32 heavy (non-hydrogen) atoms. The summed E-state index contributed by atoms with van der Waals surface area (Å²) < 4.78 is 33.0. The number of rotatable bonds is 6. The van der Waals surface area contributed by atoms with Gasteiger partial charge in [0.25, 0.3) is 10.0 Å². The Labute approximate surface area is 189 Å². The van der Waals surface area contributed by atoms with Gasteiger partial charge in [-0.05, 0) is 45.0 Å². The first-order valence-electron chi connectivity index (χ1n) is 10.6. The van der Waals surface area contributed by atoms with Crippen LogP contribution >= 0.6 is 0 Å². The van der Waals surface area contributed by atoms with Gasteiger partial charge in [0.2, 0.25) is 5.91 Å². The fourth-order valence-corrected chi connectivity index (χ4v) is 4.85. The number of hydrogen-bond acceptors (Lipinski definition) is 5. The van der Waals surface area contributed by atoms with E-state index in [2.05, 4.69) is 0 Å². The Balaban J connectivity index is 1.80. The molecule has 0 aromatic heterocycles. The molecule has 0 aliphatic carbocycles. The number of carbonyl (C=O) groups excluding carboxylic acids is 2. The molecule has 1 fully saturated rings. The van der Waals surface area contributed by atoms with Crippen LogP contribution in [-0.4, -0.2) is 69.5 Å². The quantitative estimate of drug-likeness (QED) is 0.663. The average molecular weight is 460 g/mol. The van der Waals surface area contributed by atoms with Gasteiger partial charge >= 0.3 is 6.09 Å². The van der Waals surface area contributed by atoms with E-state index >= 15 is 0 Å². The van der Waals surface area contributed by atoms with Crippen molar-refractivity contribution in [2.45, 2.75) is 25.7 Å². The third-order valence-electron chi connectivity index (χ3n) is 5.37. The summed E-state index contributed by atoms with van der Waals surface area (Å²) in [5, 5.41) is 0. The lowest BCUT2D eigenvalue weighted by molar-refractivity contribution is -0.131. The van der Waals surface area contributed by atoms with Crippen molar-refractivity contribution < 1.29 is 22.7 Å². The molecule has 172 valence electrons. The van der Waals surface area contributed by atoms with Crippen LogP contribution in [0.1, 0.15) is 18.1 Å². The highest BCUT2D eigenvalue weighted by molar-refractivity contribution is 7.92. The maximum atomic E-state index is 13.4. The van der Waals surface area contributed by atoms with Gasteiger partial charge in [0.15, 0.2) is 0 Å². The highest BCUT2D eigenvalue weighted by Crippen LogP contribution is 2.25. The van der Waals surface area contributed by atoms with Crippen LogP contribution in [-0.2, 0) is 19.6 Å². The molecule has 0 unspecified atom stereocenters. The van der Waals surface area contributed by atoms with Crippen LogP contribution in [0.25, 0.3) is 0 Å². The molecule has 0 N–H and O–H groups in total. The van der Waals surface area contributed by atoms with E-state index in [1.165, 1.54) is 0 Å². The van der Waals surface area contributed by atoms with Crippen molar-refractivity contribution in [3.05, 3.63) is 59.7 Å². The minimum absolute atomic E-state index is 0.128. The molecule has 1 aliphatic rings. The number of anilines is 1. The Bertz CT molecular complexity index is 1040. The molecule has 2 amide bonds. The monoisotopic (exact) mass is 459 g/mol. The number of aryl methyl sites for hydroxylation is 2. The number of carbonyl (C=O) groups is 2. The van der Waals surface area contributed by atoms with Crippen molar-refractivity contribution in [3.63, 3.8) is 0 Å². The molecule has 2 aromatic rings. The van der Waals surface area contributed by atoms with Crippen molar-refractivity contribution >= 4 is 27.7 Å². The number of sulfonamides is 1. The smallest absolute Gasteiger partial charge is 0.409 e. The second-order valence-electron chi connectivity index (χ2n) is 7.73. The summed E-state index contributed by atoms with van der Waals surface area (Å²) >= 11 is 0. The molecule has 0 atom stereocenters. The first kappa shape index (κ1) is 23.6. The second kappa shape index (κ2) is 10.0. The Morgan fingerprint density at radius 1 is 0.875 bits per heavy atom. The van der Waals surface area contributed by atoms with Gasteiger partial charge in [-0.1, -0.05) is 35.4 Å². The van der Waals surface area contributed by atoms with Crippen molar-refractivity contribution in [2.75, 3.05) is 43.6 Å². The molecule has 0 saturated carbocycles. The van der Waals surface area contributed by atoms with Crippen molar-refractivity contribution in [3.8, 4) is 0 Å². The van der Waals surface area contributed by atoms with E-state index in [0.717, 1.165) is 15.4 Å². The lowest BCUT2D eigenvalue weighted by Crippen LogP contribution is -2.53. The second-order valence-corrected chi connectivity index (χ2v) is 9.59. The Kier molecular flexibility index (Phi) is 7.40. The van der Waals surface area contributed by atoms with Crippen molar-refractivity contribution in [2.24, 2.45) is 0 Å². The van der Waals surface area contributed by atoms with Crippen LogP contribution in [0.5, 0.6) is 0 Å². The summed E-state index contributed by atoms with van der Waals surface area (Å²) in [6.45, 7) is 6.85. The zero-order valence-corrected chi connectivity index (χ0v) is 19.5. The van der Waals surface area contributed by atoms with E-state index in [1.54, 1.807) is 53.1 Å². The first-order valence-corrected chi connectivity index (χ1v) is 12.0. The van der Waals surface area contributed by atoms with Crippen molar-refractivity contribution in [1.29, 1.82) is 0 Å². The molecule has 1 aliphatic heterocycles. The van der Waals surface area contributed by atoms with Gasteiger partial charge in [-0.15, -0.1) is 0 Å². The number of benzene rings is 2. The predicted octanol–water partition coefficient (Wildman–Crippen LogP) is 2.80. The highest BCUT2D eigenvalue weighted by Gasteiger charge is 2.31.